The van der Waals surface area contributed by atoms with Crippen LogP contribution in [0.5, 0.6) is 5.75 Å². The molecule has 1 fully saturated rings. The van der Waals surface area contributed by atoms with Gasteiger partial charge >= 0.3 is 0 Å². The van der Waals surface area contributed by atoms with E-state index in [1.807, 2.05) is 29.2 Å². The highest BCUT2D eigenvalue weighted by atomic mass is 32.2. The second-order valence-electron chi connectivity index (χ2n) is 6.75. The second-order valence-corrected chi connectivity index (χ2v) is 8.81. The van der Waals surface area contributed by atoms with Crippen LogP contribution in [0.3, 0.4) is 0 Å². The number of carbonyl (C=O) groups is 1. The summed E-state index contributed by atoms with van der Waals surface area (Å²) in [4.78, 5) is 22.7. The number of aromatic nitrogens is 1. The number of nitrogens with zero attached hydrogens (tertiary/aromatic N) is 3. The van der Waals surface area contributed by atoms with Crippen molar-refractivity contribution in [3.05, 3.63) is 48.0 Å². The first kappa shape index (κ1) is 19.1. The Labute approximate surface area is 173 Å². The van der Waals surface area contributed by atoms with Crippen molar-refractivity contribution >= 4 is 44.4 Å². The number of carbonyl (C=O) groups excluding carboxylic acids is 1. The fourth-order valence-electron chi connectivity index (χ4n) is 3.27. The molecule has 28 heavy (non-hydrogen) atoms. The smallest absolute Gasteiger partial charge is 0.233 e. The number of fused-ring (bicyclic) bond motifs is 1. The molecule has 2 heterocycles. The Morgan fingerprint density at radius 3 is 2.57 bits per heavy atom. The number of methoxy groups -OCH3 is 1. The molecular weight excluding hydrogens is 390 g/mol. The van der Waals surface area contributed by atoms with E-state index in [1.165, 1.54) is 10.3 Å². The van der Waals surface area contributed by atoms with Crippen molar-refractivity contribution in [3.8, 4) is 5.75 Å². The van der Waals surface area contributed by atoms with E-state index in [9.17, 15) is 4.79 Å². The number of hydrogen-bond donors (Lipinski definition) is 0. The van der Waals surface area contributed by atoms with Crippen molar-refractivity contribution in [1.82, 2.24) is 9.88 Å². The molecule has 0 N–H and O–H groups in total. The molecule has 2 aromatic carbocycles. The van der Waals surface area contributed by atoms with Crippen molar-refractivity contribution in [1.29, 1.82) is 0 Å². The number of para-hydroxylation sites is 1. The van der Waals surface area contributed by atoms with Crippen LogP contribution in [0.25, 0.3) is 10.2 Å². The zero-order valence-corrected chi connectivity index (χ0v) is 17.7. The average molecular weight is 414 g/mol. The number of amides is 1. The number of aryl methyl sites for hydroxylation is 1. The molecule has 7 heteroatoms. The van der Waals surface area contributed by atoms with Crippen LogP contribution >= 0.6 is 23.1 Å². The minimum absolute atomic E-state index is 0.195. The molecule has 146 valence electrons. The molecule has 0 atom stereocenters. The van der Waals surface area contributed by atoms with Crippen molar-refractivity contribution in [3.63, 3.8) is 0 Å². The van der Waals surface area contributed by atoms with Crippen LogP contribution in [0.2, 0.25) is 0 Å². The van der Waals surface area contributed by atoms with Crippen LogP contribution in [0.4, 0.5) is 5.13 Å². The van der Waals surface area contributed by atoms with Crippen LogP contribution in [0.1, 0.15) is 5.56 Å². The summed E-state index contributed by atoms with van der Waals surface area (Å²) in [7, 11) is 1.65. The number of thioether (sulfide) groups is 1. The van der Waals surface area contributed by atoms with Gasteiger partial charge in [-0.05, 0) is 42.8 Å². The molecule has 1 aromatic heterocycles. The Hall–Kier alpha value is -2.25. The molecule has 0 radical (unpaired) electrons. The first-order valence-corrected chi connectivity index (χ1v) is 11.1. The largest absolute Gasteiger partial charge is 0.497 e. The van der Waals surface area contributed by atoms with Crippen molar-refractivity contribution in [2.75, 3.05) is 43.9 Å². The summed E-state index contributed by atoms with van der Waals surface area (Å²) in [5.74, 6) is 1.49. The first-order chi connectivity index (χ1) is 13.6. The summed E-state index contributed by atoms with van der Waals surface area (Å²) < 4.78 is 6.40. The topological polar surface area (TPSA) is 45.7 Å². The van der Waals surface area contributed by atoms with Gasteiger partial charge in [-0.3, -0.25) is 4.79 Å². The fourth-order valence-corrected chi connectivity index (χ4v) is 5.16. The summed E-state index contributed by atoms with van der Waals surface area (Å²) in [5, 5.41) is 1.06. The molecule has 1 saturated heterocycles. The summed E-state index contributed by atoms with van der Waals surface area (Å²) in [6, 6.07) is 14.1. The van der Waals surface area contributed by atoms with Gasteiger partial charge in [-0.15, -0.1) is 11.8 Å². The number of piperazine rings is 1. The number of anilines is 1. The van der Waals surface area contributed by atoms with Crippen LogP contribution in [0, 0.1) is 6.92 Å². The fraction of sp³-hybridized carbons (Fsp3) is 0.333. The highest BCUT2D eigenvalue weighted by Gasteiger charge is 2.23. The third-order valence-electron chi connectivity index (χ3n) is 4.93. The Morgan fingerprint density at radius 2 is 1.89 bits per heavy atom. The van der Waals surface area contributed by atoms with Gasteiger partial charge < -0.3 is 14.5 Å². The summed E-state index contributed by atoms with van der Waals surface area (Å²) >= 11 is 3.31. The predicted octanol–water partition coefficient (Wildman–Crippen LogP) is 4.05. The molecule has 1 aliphatic heterocycles. The molecule has 0 aliphatic carbocycles. The predicted molar refractivity (Wildman–Crippen MR) is 117 cm³/mol. The van der Waals surface area contributed by atoms with Crippen LogP contribution in [-0.4, -0.2) is 54.8 Å². The molecular formula is C21H23N3O2S2. The van der Waals surface area contributed by atoms with Gasteiger partial charge in [0.1, 0.15) is 5.75 Å². The number of benzene rings is 2. The van der Waals surface area contributed by atoms with Gasteiger partial charge in [0.2, 0.25) is 5.91 Å². The molecule has 0 saturated carbocycles. The van der Waals surface area contributed by atoms with E-state index in [0.29, 0.717) is 5.75 Å². The maximum absolute atomic E-state index is 12.6. The van der Waals surface area contributed by atoms with Crippen molar-refractivity contribution < 1.29 is 9.53 Å². The molecule has 5 nitrogen and oxygen atoms in total. The van der Waals surface area contributed by atoms with Gasteiger partial charge in [0.15, 0.2) is 5.13 Å². The van der Waals surface area contributed by atoms with Crippen LogP contribution < -0.4 is 9.64 Å². The Morgan fingerprint density at radius 1 is 1.14 bits per heavy atom. The lowest BCUT2D eigenvalue weighted by molar-refractivity contribution is -0.128. The highest BCUT2D eigenvalue weighted by Crippen LogP contribution is 2.31. The summed E-state index contributed by atoms with van der Waals surface area (Å²) in [6.45, 7) is 5.26. The quantitative estimate of drug-likeness (QED) is 0.591. The summed E-state index contributed by atoms with van der Waals surface area (Å²) in [6.07, 6.45) is 0. The zero-order valence-electron chi connectivity index (χ0n) is 16.1. The highest BCUT2D eigenvalue weighted by molar-refractivity contribution is 8.00. The van der Waals surface area contributed by atoms with E-state index >= 15 is 0 Å². The van der Waals surface area contributed by atoms with Gasteiger partial charge in [-0.25, -0.2) is 4.98 Å². The minimum Gasteiger partial charge on any atom is -0.497 e. The Kier molecular flexibility index (Phi) is 5.73. The molecule has 0 unspecified atom stereocenters. The minimum atomic E-state index is 0.195. The number of ether oxygens (including phenoxy) is 1. The van der Waals surface area contributed by atoms with Crippen LogP contribution in [-0.2, 0) is 4.79 Å². The number of hydrogen-bond acceptors (Lipinski definition) is 6. The van der Waals surface area contributed by atoms with E-state index in [1.54, 1.807) is 30.2 Å². The van der Waals surface area contributed by atoms with E-state index < -0.39 is 0 Å². The maximum Gasteiger partial charge on any atom is 0.233 e. The molecule has 4 rings (SSSR count). The van der Waals surface area contributed by atoms with Gasteiger partial charge in [0.25, 0.3) is 0 Å². The molecule has 1 amide bonds. The SMILES string of the molecule is COc1ccc(SCC(=O)N2CCN(c3nc4c(C)cccc4s3)CC2)cc1. The molecule has 3 aromatic rings. The molecule has 1 aliphatic rings. The maximum atomic E-state index is 12.6. The third kappa shape index (κ3) is 4.10. The van der Waals surface area contributed by atoms with Crippen molar-refractivity contribution in [2.24, 2.45) is 0 Å². The monoisotopic (exact) mass is 413 g/mol. The van der Waals surface area contributed by atoms with E-state index in [2.05, 4.69) is 30.0 Å². The summed E-state index contributed by atoms with van der Waals surface area (Å²) in [5.41, 5.74) is 2.31. The first-order valence-electron chi connectivity index (χ1n) is 9.30. The second kappa shape index (κ2) is 8.41. The third-order valence-corrected chi connectivity index (χ3v) is 7.01. The normalized spacial score (nSPS) is 14.5. The zero-order chi connectivity index (χ0) is 19.5. The standard InChI is InChI=1S/C21H23N3O2S2/c1-15-4-3-5-18-20(15)22-21(28-18)24-12-10-23(11-13-24)19(25)14-27-17-8-6-16(26-2)7-9-17/h3-9H,10-14H2,1-2H3. The lowest BCUT2D eigenvalue weighted by Gasteiger charge is -2.34. The van der Waals surface area contributed by atoms with Gasteiger partial charge in [-0.2, -0.15) is 0 Å². The Bertz CT molecular complexity index is 963. The van der Waals surface area contributed by atoms with Gasteiger partial charge in [0.05, 0.1) is 23.1 Å². The van der Waals surface area contributed by atoms with Gasteiger partial charge in [-0.1, -0.05) is 23.5 Å². The average Bonchev–Trinajstić information content (AvgIpc) is 3.18. The number of rotatable bonds is 5. The van der Waals surface area contributed by atoms with Gasteiger partial charge in [0, 0.05) is 31.1 Å². The molecule has 0 spiro atoms. The van der Waals surface area contributed by atoms with Crippen molar-refractivity contribution in [2.45, 2.75) is 11.8 Å². The lowest BCUT2D eigenvalue weighted by Crippen LogP contribution is -2.49. The van der Waals surface area contributed by atoms with E-state index in [0.717, 1.165) is 47.5 Å². The van der Waals surface area contributed by atoms with Crippen LogP contribution in [0.15, 0.2) is 47.4 Å². The van der Waals surface area contributed by atoms with E-state index in [4.69, 9.17) is 9.72 Å². The Balaban J connectivity index is 1.31. The van der Waals surface area contributed by atoms with E-state index in [-0.39, 0.29) is 5.91 Å². The molecule has 0 bridgehead atoms. The number of thiazole rings is 1. The lowest BCUT2D eigenvalue weighted by atomic mass is 10.2.